The summed E-state index contributed by atoms with van der Waals surface area (Å²) >= 11 is 0. The van der Waals surface area contributed by atoms with Gasteiger partial charge in [-0.3, -0.25) is 15.1 Å². The SMILES string of the molecule is C[C@@H](OC(=O)Nc1c(-c2ccc(NC(=O)c3cnc(F)cc3F)cn2)nnn1C)c1cc(F)cnc1F. The van der Waals surface area contributed by atoms with Gasteiger partial charge in [-0.05, 0) is 25.1 Å². The molecule has 4 aromatic heterocycles. The molecule has 11 nitrogen and oxygen atoms in total. The number of carbonyl (C=O) groups is 2. The largest absolute Gasteiger partial charge is 0.441 e. The van der Waals surface area contributed by atoms with Crippen LogP contribution in [0.5, 0.6) is 0 Å². The highest BCUT2D eigenvalue weighted by molar-refractivity contribution is 6.04. The normalized spacial score (nSPS) is 11.6. The number of nitrogens with zero attached hydrogens (tertiary/aromatic N) is 6. The first kappa shape index (κ1) is 25.2. The van der Waals surface area contributed by atoms with Gasteiger partial charge in [0.05, 0.1) is 34.9 Å². The average molecular weight is 516 g/mol. The molecule has 4 aromatic rings. The third kappa shape index (κ3) is 5.66. The fourth-order valence-corrected chi connectivity index (χ4v) is 3.12. The van der Waals surface area contributed by atoms with Gasteiger partial charge < -0.3 is 10.1 Å². The number of nitrogens with one attached hydrogen (secondary N) is 2. The maximum Gasteiger partial charge on any atom is 0.413 e. The predicted molar refractivity (Wildman–Crippen MR) is 119 cm³/mol. The third-order valence-corrected chi connectivity index (χ3v) is 4.93. The zero-order valence-electron chi connectivity index (χ0n) is 19.0. The van der Waals surface area contributed by atoms with Crippen LogP contribution >= 0.6 is 0 Å². The molecule has 15 heteroatoms. The molecule has 37 heavy (non-hydrogen) atoms. The third-order valence-electron chi connectivity index (χ3n) is 4.93. The lowest BCUT2D eigenvalue weighted by Gasteiger charge is -2.15. The highest BCUT2D eigenvalue weighted by atomic mass is 19.1. The van der Waals surface area contributed by atoms with Crippen LogP contribution in [0.1, 0.15) is 28.9 Å². The highest BCUT2D eigenvalue weighted by Gasteiger charge is 2.22. The van der Waals surface area contributed by atoms with Gasteiger partial charge in [0.15, 0.2) is 11.5 Å². The smallest absolute Gasteiger partial charge is 0.413 e. The van der Waals surface area contributed by atoms with Crippen molar-refractivity contribution in [1.82, 2.24) is 29.9 Å². The average Bonchev–Trinajstić information content (AvgIpc) is 3.20. The topological polar surface area (TPSA) is 137 Å². The molecule has 0 unspecified atom stereocenters. The first-order valence-electron chi connectivity index (χ1n) is 10.4. The van der Waals surface area contributed by atoms with E-state index in [0.717, 1.165) is 12.3 Å². The Morgan fingerprint density at radius 2 is 1.78 bits per heavy atom. The number of aryl methyl sites for hydroxylation is 1. The molecule has 0 aliphatic carbocycles. The van der Waals surface area contributed by atoms with Crippen LogP contribution in [-0.2, 0) is 11.8 Å². The maximum absolute atomic E-state index is 13.9. The molecular formula is C22H16F4N8O3. The number of hydrogen-bond donors (Lipinski definition) is 2. The number of amides is 2. The lowest BCUT2D eigenvalue weighted by atomic mass is 10.2. The summed E-state index contributed by atoms with van der Waals surface area (Å²) in [5, 5.41) is 12.6. The van der Waals surface area contributed by atoms with Crippen molar-refractivity contribution < 1.29 is 31.9 Å². The Labute approximate surface area is 205 Å². The van der Waals surface area contributed by atoms with E-state index >= 15 is 0 Å². The second-order valence-corrected chi connectivity index (χ2v) is 7.49. The summed E-state index contributed by atoms with van der Waals surface area (Å²) in [6, 6.07) is 4.21. The molecule has 2 N–H and O–H groups in total. The molecule has 0 aliphatic rings. The first-order valence-corrected chi connectivity index (χ1v) is 10.4. The van der Waals surface area contributed by atoms with Crippen LogP contribution in [0.25, 0.3) is 11.4 Å². The van der Waals surface area contributed by atoms with Gasteiger partial charge >= 0.3 is 6.09 Å². The Hall–Kier alpha value is -4.95. The minimum absolute atomic E-state index is 0.0683. The van der Waals surface area contributed by atoms with Crippen LogP contribution in [0.3, 0.4) is 0 Å². The number of ether oxygens (including phenoxy) is 1. The van der Waals surface area contributed by atoms with E-state index < -0.39 is 47.2 Å². The zero-order chi connectivity index (χ0) is 26.7. The minimum Gasteiger partial charge on any atom is -0.441 e. The first-order chi connectivity index (χ1) is 17.6. The Balaban J connectivity index is 1.46. The number of pyridine rings is 3. The Bertz CT molecular complexity index is 1480. The molecule has 0 spiro atoms. The molecule has 4 rings (SSSR count). The fourth-order valence-electron chi connectivity index (χ4n) is 3.12. The highest BCUT2D eigenvalue weighted by Crippen LogP contribution is 2.26. The van der Waals surface area contributed by atoms with Crippen molar-refractivity contribution >= 4 is 23.5 Å². The van der Waals surface area contributed by atoms with E-state index in [-0.39, 0.29) is 28.5 Å². The van der Waals surface area contributed by atoms with Crippen LogP contribution in [-0.4, -0.2) is 41.9 Å². The standard InChI is InChI=1S/C22H16F4N8O3/c1-10(13-5-11(23)7-29-19(13)26)37-22(36)31-20-18(32-33-34(20)2)16-4-3-12(8-27-16)30-21(35)14-9-28-17(25)6-15(14)24/h3-10H,1-2H3,(H,30,35)(H,31,36)/t10-/m1/s1. The summed E-state index contributed by atoms with van der Waals surface area (Å²) in [5.41, 5.74) is -0.196. The van der Waals surface area contributed by atoms with Crippen LogP contribution < -0.4 is 10.6 Å². The number of anilines is 2. The number of hydrogen-bond acceptors (Lipinski definition) is 8. The fraction of sp³-hybridized carbons (Fsp3) is 0.136. The minimum atomic E-state index is -1.17. The van der Waals surface area contributed by atoms with Crippen molar-refractivity contribution in [3.63, 3.8) is 0 Å². The molecular weight excluding hydrogens is 500 g/mol. The molecule has 0 bridgehead atoms. The number of rotatable bonds is 6. The molecule has 4 heterocycles. The summed E-state index contributed by atoms with van der Waals surface area (Å²) in [6.07, 6.45) is 0.511. The zero-order valence-corrected chi connectivity index (χ0v) is 19.0. The van der Waals surface area contributed by atoms with Gasteiger partial charge in [0, 0.05) is 19.3 Å². The van der Waals surface area contributed by atoms with E-state index in [1.165, 1.54) is 37.0 Å². The Morgan fingerprint density at radius 3 is 2.49 bits per heavy atom. The van der Waals surface area contributed by atoms with Gasteiger partial charge in [-0.15, -0.1) is 5.10 Å². The summed E-state index contributed by atoms with van der Waals surface area (Å²) in [5.74, 6) is -4.73. The second kappa shape index (κ2) is 10.3. The van der Waals surface area contributed by atoms with E-state index in [4.69, 9.17) is 4.74 Å². The molecule has 0 saturated heterocycles. The van der Waals surface area contributed by atoms with Crippen LogP contribution in [0, 0.1) is 23.5 Å². The molecule has 190 valence electrons. The van der Waals surface area contributed by atoms with E-state index in [1.54, 1.807) is 0 Å². The molecule has 0 aliphatic heterocycles. The van der Waals surface area contributed by atoms with Crippen molar-refractivity contribution in [2.75, 3.05) is 10.6 Å². The summed E-state index contributed by atoms with van der Waals surface area (Å²) < 4.78 is 60.3. The lowest BCUT2D eigenvalue weighted by Crippen LogP contribution is -2.19. The van der Waals surface area contributed by atoms with Crippen molar-refractivity contribution in [2.24, 2.45) is 7.05 Å². The van der Waals surface area contributed by atoms with E-state index in [0.29, 0.717) is 12.3 Å². The van der Waals surface area contributed by atoms with Gasteiger partial charge in [0.25, 0.3) is 5.91 Å². The summed E-state index contributed by atoms with van der Waals surface area (Å²) in [6.45, 7) is 1.34. The molecule has 2 amide bonds. The van der Waals surface area contributed by atoms with Crippen LogP contribution in [0.15, 0.2) is 42.9 Å². The maximum atomic E-state index is 13.9. The van der Waals surface area contributed by atoms with Crippen molar-refractivity contribution in [2.45, 2.75) is 13.0 Å². The molecule has 1 atom stereocenters. The van der Waals surface area contributed by atoms with Gasteiger partial charge in [0.1, 0.15) is 17.7 Å². The van der Waals surface area contributed by atoms with Crippen molar-refractivity contribution in [3.8, 4) is 11.4 Å². The van der Waals surface area contributed by atoms with Gasteiger partial charge in [-0.25, -0.2) is 28.2 Å². The number of carbonyl (C=O) groups excluding carboxylic acids is 2. The quantitative estimate of drug-likeness (QED) is 0.292. The Kier molecular flexibility index (Phi) is 7.04. The van der Waals surface area contributed by atoms with Gasteiger partial charge in [-0.1, -0.05) is 5.21 Å². The van der Waals surface area contributed by atoms with E-state index in [1.807, 2.05) is 0 Å². The number of halogens is 4. The van der Waals surface area contributed by atoms with E-state index in [2.05, 4.69) is 35.9 Å². The second-order valence-electron chi connectivity index (χ2n) is 7.49. The summed E-state index contributed by atoms with van der Waals surface area (Å²) in [7, 11) is 1.48. The molecule has 0 fully saturated rings. The molecule has 0 saturated carbocycles. The number of aromatic nitrogens is 6. The van der Waals surface area contributed by atoms with Crippen LogP contribution in [0.4, 0.5) is 33.9 Å². The van der Waals surface area contributed by atoms with Crippen LogP contribution in [0.2, 0.25) is 0 Å². The monoisotopic (exact) mass is 516 g/mol. The predicted octanol–water partition coefficient (Wildman–Crippen LogP) is 3.79. The molecule has 0 aromatic carbocycles. The molecule has 0 radical (unpaired) electrons. The van der Waals surface area contributed by atoms with Gasteiger partial charge in [0.2, 0.25) is 11.9 Å². The van der Waals surface area contributed by atoms with Crippen molar-refractivity contribution in [1.29, 1.82) is 0 Å². The van der Waals surface area contributed by atoms with Gasteiger partial charge in [-0.2, -0.15) is 8.78 Å². The van der Waals surface area contributed by atoms with E-state index in [9.17, 15) is 27.2 Å². The summed E-state index contributed by atoms with van der Waals surface area (Å²) in [4.78, 5) is 35.3. The lowest BCUT2D eigenvalue weighted by molar-refractivity contribution is 0.102. The van der Waals surface area contributed by atoms with Crippen molar-refractivity contribution in [3.05, 3.63) is 77.5 Å². The Morgan fingerprint density at radius 1 is 1.00 bits per heavy atom.